The maximum atomic E-state index is 4.56. The molecular weight excluding hydrogens is 160 g/mol. The van der Waals surface area contributed by atoms with Crippen LogP contribution in [-0.4, -0.2) is 4.98 Å². The largest absolute Gasteiger partial charge is 0.307 e. The fraction of sp³-hybridized carbons (Fsp3) is 0.182. The Hall–Kier alpha value is -1.41. The zero-order valence-electron chi connectivity index (χ0n) is 7.17. The Morgan fingerprint density at radius 3 is 3.15 bits per heavy atom. The highest BCUT2D eigenvalue weighted by Gasteiger charge is 2.12. The van der Waals surface area contributed by atoms with Crippen molar-refractivity contribution in [3.05, 3.63) is 41.6 Å². The van der Waals surface area contributed by atoms with E-state index in [-0.39, 0.29) is 0 Å². The van der Waals surface area contributed by atoms with Gasteiger partial charge in [0.1, 0.15) is 0 Å². The molecule has 0 amide bonds. The van der Waals surface area contributed by atoms with Gasteiger partial charge in [-0.2, -0.15) is 0 Å². The predicted molar refractivity (Wildman–Crippen MR) is 51.1 cm³/mol. The van der Waals surface area contributed by atoms with Gasteiger partial charge in [0.2, 0.25) is 0 Å². The summed E-state index contributed by atoms with van der Waals surface area (Å²) >= 11 is 0. The first kappa shape index (κ1) is 7.04. The standard InChI is InChI=1S/C11H9N2/c1-2-4-10-8(3-1)5-9-6-12-7-11(9)13-10/h1-4,12H,6-7H2. The smallest absolute Gasteiger partial charge is 0.0712 e. The highest BCUT2D eigenvalue weighted by molar-refractivity contribution is 5.78. The van der Waals surface area contributed by atoms with Crippen molar-refractivity contribution in [3.63, 3.8) is 0 Å². The number of para-hydroxylation sites is 1. The third-order valence-corrected chi connectivity index (χ3v) is 2.39. The van der Waals surface area contributed by atoms with E-state index >= 15 is 0 Å². The quantitative estimate of drug-likeness (QED) is 0.648. The molecule has 1 aromatic carbocycles. The highest BCUT2D eigenvalue weighted by Crippen LogP contribution is 2.18. The molecule has 0 bridgehead atoms. The van der Waals surface area contributed by atoms with Crippen LogP contribution in [0.25, 0.3) is 10.9 Å². The van der Waals surface area contributed by atoms with Crippen LogP contribution in [0.4, 0.5) is 0 Å². The fourth-order valence-electron chi connectivity index (χ4n) is 1.72. The Balaban J connectivity index is 2.36. The Morgan fingerprint density at radius 1 is 1.23 bits per heavy atom. The van der Waals surface area contributed by atoms with Crippen molar-refractivity contribution in [1.82, 2.24) is 10.3 Å². The van der Waals surface area contributed by atoms with E-state index in [9.17, 15) is 0 Å². The number of fused-ring (bicyclic) bond motifs is 2. The van der Waals surface area contributed by atoms with Crippen LogP contribution in [-0.2, 0) is 13.1 Å². The normalized spacial score (nSPS) is 14.8. The van der Waals surface area contributed by atoms with E-state index in [0.717, 1.165) is 29.7 Å². The fourth-order valence-corrected chi connectivity index (χ4v) is 1.72. The van der Waals surface area contributed by atoms with E-state index in [1.807, 2.05) is 18.2 Å². The van der Waals surface area contributed by atoms with Gasteiger partial charge in [-0.05, 0) is 17.7 Å². The Bertz CT molecular complexity index is 420. The number of nitrogens with one attached hydrogen (secondary N) is 1. The summed E-state index contributed by atoms with van der Waals surface area (Å²) in [5, 5.41) is 4.38. The molecule has 1 aliphatic rings. The molecule has 1 aliphatic heterocycles. The minimum absolute atomic E-state index is 0.886. The molecule has 2 heteroatoms. The van der Waals surface area contributed by atoms with Crippen LogP contribution in [0.15, 0.2) is 24.3 Å². The average Bonchev–Trinajstić information content (AvgIpc) is 2.61. The first-order valence-corrected chi connectivity index (χ1v) is 4.44. The molecule has 0 fully saturated rings. The first-order chi connectivity index (χ1) is 6.43. The van der Waals surface area contributed by atoms with Crippen molar-refractivity contribution in [2.24, 2.45) is 0 Å². The molecular formula is C11H9N2. The lowest BCUT2D eigenvalue weighted by Gasteiger charge is -1.99. The molecule has 0 spiro atoms. The lowest BCUT2D eigenvalue weighted by molar-refractivity contribution is 0.758. The van der Waals surface area contributed by atoms with E-state index in [1.54, 1.807) is 0 Å². The number of pyridine rings is 1. The van der Waals surface area contributed by atoms with Crippen molar-refractivity contribution in [2.75, 3.05) is 0 Å². The van der Waals surface area contributed by atoms with Gasteiger partial charge in [-0.15, -0.1) is 0 Å². The minimum atomic E-state index is 0.886. The van der Waals surface area contributed by atoms with Gasteiger partial charge >= 0.3 is 0 Å². The zero-order chi connectivity index (χ0) is 8.67. The van der Waals surface area contributed by atoms with Crippen LogP contribution < -0.4 is 5.32 Å². The summed E-state index contributed by atoms with van der Waals surface area (Å²) in [5.74, 6) is 0. The predicted octanol–water partition coefficient (Wildman–Crippen LogP) is 1.64. The third-order valence-electron chi connectivity index (χ3n) is 2.39. The van der Waals surface area contributed by atoms with Crippen molar-refractivity contribution in [2.45, 2.75) is 13.1 Å². The average molecular weight is 169 g/mol. The SMILES string of the molecule is [c]1c2c(nc3ccccc13)CNC2. The van der Waals surface area contributed by atoms with E-state index in [1.165, 1.54) is 5.56 Å². The van der Waals surface area contributed by atoms with Crippen molar-refractivity contribution in [3.8, 4) is 0 Å². The molecule has 63 valence electrons. The van der Waals surface area contributed by atoms with Crippen LogP contribution in [0, 0.1) is 6.07 Å². The second kappa shape index (κ2) is 2.54. The Morgan fingerprint density at radius 2 is 2.15 bits per heavy atom. The topological polar surface area (TPSA) is 24.9 Å². The summed E-state index contributed by atoms with van der Waals surface area (Å²) in [6.45, 7) is 1.80. The molecule has 0 unspecified atom stereocenters. The lowest BCUT2D eigenvalue weighted by Crippen LogP contribution is -2.00. The van der Waals surface area contributed by atoms with Gasteiger partial charge in [-0.3, -0.25) is 4.98 Å². The second-order valence-corrected chi connectivity index (χ2v) is 3.28. The highest BCUT2D eigenvalue weighted by atomic mass is 14.9. The number of hydrogen-bond acceptors (Lipinski definition) is 2. The van der Waals surface area contributed by atoms with Crippen LogP contribution in [0.5, 0.6) is 0 Å². The zero-order valence-corrected chi connectivity index (χ0v) is 7.17. The van der Waals surface area contributed by atoms with E-state index in [2.05, 4.69) is 22.4 Å². The van der Waals surface area contributed by atoms with Crippen LogP contribution in [0.1, 0.15) is 11.3 Å². The monoisotopic (exact) mass is 169 g/mol. The van der Waals surface area contributed by atoms with Gasteiger partial charge in [0.25, 0.3) is 0 Å². The lowest BCUT2D eigenvalue weighted by atomic mass is 10.1. The molecule has 0 saturated carbocycles. The number of hydrogen-bond donors (Lipinski definition) is 1. The van der Waals surface area contributed by atoms with Gasteiger partial charge in [0.05, 0.1) is 11.2 Å². The third kappa shape index (κ3) is 1.03. The molecule has 2 heterocycles. The maximum absolute atomic E-state index is 4.56. The summed E-state index contributed by atoms with van der Waals surface area (Å²) in [7, 11) is 0. The first-order valence-electron chi connectivity index (χ1n) is 4.44. The number of nitrogens with zero attached hydrogens (tertiary/aromatic N) is 1. The van der Waals surface area contributed by atoms with Gasteiger partial charge in [0.15, 0.2) is 0 Å². The summed E-state index contributed by atoms with van der Waals surface area (Å²) in [4.78, 5) is 4.56. The maximum Gasteiger partial charge on any atom is 0.0712 e. The summed E-state index contributed by atoms with van der Waals surface area (Å²) in [6, 6.07) is 11.5. The number of aromatic nitrogens is 1. The van der Waals surface area contributed by atoms with Crippen LogP contribution >= 0.6 is 0 Å². The molecule has 0 saturated heterocycles. The molecule has 1 N–H and O–H groups in total. The van der Waals surface area contributed by atoms with E-state index < -0.39 is 0 Å². The number of rotatable bonds is 0. The van der Waals surface area contributed by atoms with Crippen molar-refractivity contribution >= 4 is 10.9 Å². The summed E-state index contributed by atoms with van der Waals surface area (Å²) in [5.41, 5.74) is 3.42. The van der Waals surface area contributed by atoms with Crippen LogP contribution in [0.3, 0.4) is 0 Å². The second-order valence-electron chi connectivity index (χ2n) is 3.28. The minimum Gasteiger partial charge on any atom is -0.307 e. The van der Waals surface area contributed by atoms with Gasteiger partial charge in [-0.25, -0.2) is 0 Å². The Labute approximate surface area is 76.6 Å². The van der Waals surface area contributed by atoms with Crippen LogP contribution in [0.2, 0.25) is 0 Å². The molecule has 2 nitrogen and oxygen atoms in total. The molecule has 1 radical (unpaired) electrons. The van der Waals surface area contributed by atoms with Gasteiger partial charge in [0, 0.05) is 18.5 Å². The molecule has 2 aromatic rings. The van der Waals surface area contributed by atoms with Gasteiger partial charge in [-0.1, -0.05) is 18.2 Å². The Kier molecular flexibility index (Phi) is 1.37. The molecule has 3 rings (SSSR count). The summed E-state index contributed by atoms with van der Waals surface area (Å²) < 4.78 is 0. The van der Waals surface area contributed by atoms with Crippen molar-refractivity contribution < 1.29 is 0 Å². The molecule has 13 heavy (non-hydrogen) atoms. The van der Waals surface area contributed by atoms with E-state index in [4.69, 9.17) is 0 Å². The summed E-state index contributed by atoms with van der Waals surface area (Å²) in [6.07, 6.45) is 0. The van der Waals surface area contributed by atoms with Gasteiger partial charge < -0.3 is 5.32 Å². The molecule has 0 atom stereocenters. The molecule has 1 aromatic heterocycles. The van der Waals surface area contributed by atoms with E-state index in [0.29, 0.717) is 0 Å². The molecule has 0 aliphatic carbocycles. The van der Waals surface area contributed by atoms with Crippen molar-refractivity contribution in [1.29, 1.82) is 0 Å². The number of benzene rings is 1.